The van der Waals surface area contributed by atoms with Crippen LogP contribution in [0, 0.1) is 0 Å². The summed E-state index contributed by atoms with van der Waals surface area (Å²) in [5.41, 5.74) is 0. The third kappa shape index (κ3) is 3.58. The van der Waals surface area contributed by atoms with E-state index in [0.29, 0.717) is 30.3 Å². The zero-order chi connectivity index (χ0) is 13.8. The van der Waals surface area contributed by atoms with Gasteiger partial charge < -0.3 is 10.2 Å². The summed E-state index contributed by atoms with van der Waals surface area (Å²) in [4.78, 5) is 26.2. The highest BCUT2D eigenvalue weighted by atomic mass is 35.5. The summed E-state index contributed by atoms with van der Waals surface area (Å²) in [7, 11) is 0. The van der Waals surface area contributed by atoms with Crippen molar-refractivity contribution < 1.29 is 9.59 Å². The van der Waals surface area contributed by atoms with Crippen molar-refractivity contribution in [1.82, 2.24) is 10.2 Å². The Kier molecular flexibility index (Phi) is 4.61. The molecule has 1 aromatic rings. The SMILES string of the molecule is C=CCN(Cc1ccc(Cl)s1)C(=O)[C@@H]1CCC(=O)N1. The molecule has 2 amide bonds. The Morgan fingerprint density at radius 1 is 1.63 bits per heavy atom. The fourth-order valence-corrected chi connectivity index (χ4v) is 3.14. The van der Waals surface area contributed by atoms with E-state index in [1.54, 1.807) is 11.0 Å². The largest absolute Gasteiger partial charge is 0.344 e. The van der Waals surface area contributed by atoms with Gasteiger partial charge in [-0.15, -0.1) is 17.9 Å². The molecule has 19 heavy (non-hydrogen) atoms. The van der Waals surface area contributed by atoms with Crippen molar-refractivity contribution in [3.8, 4) is 0 Å². The van der Waals surface area contributed by atoms with Crippen LogP contribution in [0.1, 0.15) is 17.7 Å². The maximum atomic E-state index is 12.3. The van der Waals surface area contributed by atoms with Crippen LogP contribution in [-0.4, -0.2) is 29.3 Å². The Labute approximate surface area is 121 Å². The second-order valence-corrected chi connectivity index (χ2v) is 6.17. The Morgan fingerprint density at radius 3 is 2.95 bits per heavy atom. The van der Waals surface area contributed by atoms with Gasteiger partial charge in [0.25, 0.3) is 0 Å². The van der Waals surface area contributed by atoms with Gasteiger partial charge in [-0.2, -0.15) is 0 Å². The van der Waals surface area contributed by atoms with Gasteiger partial charge >= 0.3 is 0 Å². The lowest BCUT2D eigenvalue weighted by molar-refractivity contribution is -0.134. The van der Waals surface area contributed by atoms with Crippen molar-refractivity contribution in [3.63, 3.8) is 0 Å². The number of hydrogen-bond donors (Lipinski definition) is 1. The molecule has 0 saturated carbocycles. The van der Waals surface area contributed by atoms with Gasteiger partial charge in [-0.1, -0.05) is 17.7 Å². The predicted octanol–water partition coefficient (Wildman–Crippen LogP) is 2.19. The molecule has 4 nitrogen and oxygen atoms in total. The van der Waals surface area contributed by atoms with Gasteiger partial charge in [0.1, 0.15) is 6.04 Å². The molecule has 0 spiro atoms. The normalized spacial score (nSPS) is 18.2. The van der Waals surface area contributed by atoms with E-state index in [4.69, 9.17) is 11.6 Å². The first kappa shape index (κ1) is 14.1. The average Bonchev–Trinajstić information content (AvgIpc) is 2.97. The lowest BCUT2D eigenvalue weighted by Gasteiger charge is -2.23. The highest BCUT2D eigenvalue weighted by molar-refractivity contribution is 7.16. The molecule has 0 aromatic carbocycles. The highest BCUT2D eigenvalue weighted by Gasteiger charge is 2.30. The molecular formula is C13H15ClN2O2S. The molecule has 6 heteroatoms. The van der Waals surface area contributed by atoms with Crippen molar-refractivity contribution >= 4 is 34.8 Å². The lowest BCUT2D eigenvalue weighted by Crippen LogP contribution is -2.44. The van der Waals surface area contributed by atoms with Crippen molar-refractivity contribution in [2.45, 2.75) is 25.4 Å². The number of thiophene rings is 1. The van der Waals surface area contributed by atoms with Crippen LogP contribution in [-0.2, 0) is 16.1 Å². The van der Waals surface area contributed by atoms with Crippen LogP contribution in [0.5, 0.6) is 0 Å². The Hall–Kier alpha value is -1.33. The minimum Gasteiger partial charge on any atom is -0.344 e. The summed E-state index contributed by atoms with van der Waals surface area (Å²) in [6.45, 7) is 4.62. The number of amides is 2. The molecule has 0 unspecified atom stereocenters. The molecule has 1 saturated heterocycles. The van der Waals surface area contributed by atoms with Gasteiger partial charge in [0.15, 0.2) is 0 Å². The van der Waals surface area contributed by atoms with Gasteiger partial charge in [0, 0.05) is 17.8 Å². The minimum atomic E-state index is -0.400. The van der Waals surface area contributed by atoms with Crippen LogP contribution >= 0.6 is 22.9 Å². The van der Waals surface area contributed by atoms with Crippen LogP contribution < -0.4 is 5.32 Å². The first-order valence-electron chi connectivity index (χ1n) is 6.03. The van der Waals surface area contributed by atoms with Crippen LogP contribution in [0.25, 0.3) is 0 Å². The third-order valence-electron chi connectivity index (χ3n) is 2.93. The van der Waals surface area contributed by atoms with Crippen LogP contribution in [0.3, 0.4) is 0 Å². The number of carbonyl (C=O) groups is 2. The number of rotatable bonds is 5. The van der Waals surface area contributed by atoms with Crippen LogP contribution in [0.4, 0.5) is 0 Å². The standard InChI is InChI=1S/C13H15ClN2O2S/c1-2-7-16(8-9-3-5-11(14)19-9)13(18)10-4-6-12(17)15-10/h2-3,5,10H,1,4,6-8H2,(H,15,17)/t10-/m0/s1. The first-order valence-corrected chi connectivity index (χ1v) is 7.23. The molecule has 1 aliphatic heterocycles. The van der Waals surface area contributed by atoms with Crippen molar-refractivity contribution in [2.24, 2.45) is 0 Å². The van der Waals surface area contributed by atoms with Crippen LogP contribution in [0.15, 0.2) is 24.8 Å². The summed E-state index contributed by atoms with van der Waals surface area (Å²) >= 11 is 7.34. The lowest BCUT2D eigenvalue weighted by atomic mass is 10.2. The average molecular weight is 299 g/mol. The fourth-order valence-electron chi connectivity index (χ4n) is 2.03. The van der Waals surface area contributed by atoms with Gasteiger partial charge in [-0.05, 0) is 18.6 Å². The fraction of sp³-hybridized carbons (Fsp3) is 0.385. The van der Waals surface area contributed by atoms with E-state index >= 15 is 0 Å². The van der Waals surface area contributed by atoms with Gasteiger partial charge in [0.05, 0.1) is 10.9 Å². The molecule has 2 heterocycles. The number of carbonyl (C=O) groups excluding carboxylic acids is 2. The van der Waals surface area contributed by atoms with Gasteiger partial charge in [-0.25, -0.2) is 0 Å². The van der Waals surface area contributed by atoms with E-state index in [0.717, 1.165) is 4.88 Å². The molecule has 1 atom stereocenters. The van der Waals surface area contributed by atoms with Crippen molar-refractivity contribution in [1.29, 1.82) is 0 Å². The molecule has 1 aliphatic rings. The van der Waals surface area contributed by atoms with E-state index in [2.05, 4.69) is 11.9 Å². The molecule has 0 radical (unpaired) electrons. The molecule has 102 valence electrons. The summed E-state index contributed by atoms with van der Waals surface area (Å²) in [5.74, 6) is -0.119. The third-order valence-corrected chi connectivity index (χ3v) is 4.15. The zero-order valence-electron chi connectivity index (χ0n) is 10.4. The van der Waals surface area contributed by atoms with E-state index in [9.17, 15) is 9.59 Å². The van der Waals surface area contributed by atoms with E-state index in [1.165, 1.54) is 11.3 Å². The molecule has 1 fully saturated rings. The minimum absolute atomic E-state index is 0.0592. The maximum absolute atomic E-state index is 12.3. The summed E-state index contributed by atoms with van der Waals surface area (Å²) < 4.78 is 0.704. The smallest absolute Gasteiger partial charge is 0.245 e. The maximum Gasteiger partial charge on any atom is 0.245 e. The topological polar surface area (TPSA) is 49.4 Å². The number of hydrogen-bond acceptors (Lipinski definition) is 3. The van der Waals surface area contributed by atoms with Crippen LogP contribution in [0.2, 0.25) is 4.34 Å². The quantitative estimate of drug-likeness (QED) is 0.847. The Morgan fingerprint density at radius 2 is 2.42 bits per heavy atom. The Balaban J connectivity index is 2.04. The Bertz CT molecular complexity index is 501. The predicted molar refractivity (Wildman–Crippen MR) is 76.1 cm³/mol. The second kappa shape index (κ2) is 6.21. The summed E-state index contributed by atoms with van der Waals surface area (Å²) in [5, 5.41) is 2.70. The van der Waals surface area contributed by atoms with E-state index in [-0.39, 0.29) is 11.8 Å². The van der Waals surface area contributed by atoms with Crippen molar-refractivity contribution in [2.75, 3.05) is 6.54 Å². The molecule has 1 aromatic heterocycles. The van der Waals surface area contributed by atoms with Gasteiger partial charge in [0.2, 0.25) is 11.8 Å². The molecule has 0 aliphatic carbocycles. The van der Waals surface area contributed by atoms with E-state index < -0.39 is 6.04 Å². The molecule has 1 N–H and O–H groups in total. The van der Waals surface area contributed by atoms with E-state index in [1.807, 2.05) is 12.1 Å². The molecule has 2 rings (SSSR count). The number of nitrogens with one attached hydrogen (secondary N) is 1. The summed E-state index contributed by atoms with van der Waals surface area (Å²) in [6.07, 6.45) is 2.67. The second-order valence-electron chi connectivity index (χ2n) is 4.37. The molecular weight excluding hydrogens is 284 g/mol. The van der Waals surface area contributed by atoms with Crippen molar-refractivity contribution in [3.05, 3.63) is 34.0 Å². The summed E-state index contributed by atoms with van der Waals surface area (Å²) in [6, 6.07) is 3.32. The first-order chi connectivity index (χ1) is 9.10. The zero-order valence-corrected chi connectivity index (χ0v) is 12.0. The number of halogens is 1. The monoisotopic (exact) mass is 298 g/mol. The molecule has 0 bridgehead atoms. The highest BCUT2D eigenvalue weighted by Crippen LogP contribution is 2.23. The van der Waals surface area contributed by atoms with Gasteiger partial charge in [-0.3, -0.25) is 9.59 Å². The number of nitrogens with zero attached hydrogens (tertiary/aromatic N) is 1.